The zero-order chi connectivity index (χ0) is 38.7. The third kappa shape index (κ3) is 13.6. The maximum atomic E-state index is 2.23. The van der Waals surface area contributed by atoms with Crippen molar-refractivity contribution < 1.29 is 0 Å². The standard InChI is InChI=1S/3C18H15P.3ClH/c3*1-4-10-16(11-5-1)19(17-12-6-2-7-13-17)18-14-8-3-9-15-18;;;/h3*1-15H;3*1H. The molecule has 0 saturated heterocycles. The van der Waals surface area contributed by atoms with Crippen molar-refractivity contribution >= 4 is 109 Å². The van der Waals surface area contributed by atoms with Gasteiger partial charge in [0.15, 0.2) is 0 Å². The van der Waals surface area contributed by atoms with E-state index in [1.165, 1.54) is 47.7 Å². The first kappa shape index (κ1) is 47.8. The highest BCUT2D eigenvalue weighted by Gasteiger charge is 2.17. The van der Waals surface area contributed by atoms with Gasteiger partial charge in [-0.2, -0.15) is 0 Å². The molecule has 0 N–H and O–H groups in total. The molecule has 0 heterocycles. The lowest BCUT2D eigenvalue weighted by Crippen LogP contribution is -2.20. The second-order valence-corrected chi connectivity index (χ2v) is 19.7. The van der Waals surface area contributed by atoms with E-state index in [0.717, 1.165) is 0 Å². The molecule has 0 nitrogen and oxygen atoms in total. The first-order valence-corrected chi connectivity index (χ1v) is 23.2. The number of hydrogen-bond acceptors (Lipinski definition) is 0. The highest BCUT2D eigenvalue weighted by Crippen LogP contribution is 2.34. The van der Waals surface area contributed by atoms with Crippen LogP contribution >= 0.6 is 61.0 Å². The van der Waals surface area contributed by atoms with Crippen molar-refractivity contribution in [2.45, 2.75) is 0 Å². The van der Waals surface area contributed by atoms with Gasteiger partial charge in [0.1, 0.15) is 0 Å². The van der Waals surface area contributed by atoms with Gasteiger partial charge in [-0.3, -0.25) is 0 Å². The summed E-state index contributed by atoms with van der Waals surface area (Å²) < 4.78 is 0. The zero-order valence-electron chi connectivity index (χ0n) is 33.0. The molecule has 60 heavy (non-hydrogen) atoms. The lowest BCUT2D eigenvalue weighted by atomic mass is 10.4. The van der Waals surface area contributed by atoms with Gasteiger partial charge in [-0.25, -0.2) is 0 Å². The number of benzene rings is 9. The minimum Gasteiger partial charge on any atom is -0.147 e. The second-order valence-electron chi connectivity index (χ2n) is 13.0. The van der Waals surface area contributed by atoms with Crippen LogP contribution in [0.25, 0.3) is 0 Å². The zero-order valence-corrected chi connectivity index (χ0v) is 38.2. The fourth-order valence-corrected chi connectivity index (χ4v) is 13.5. The van der Waals surface area contributed by atoms with Crippen molar-refractivity contribution in [1.82, 2.24) is 0 Å². The van der Waals surface area contributed by atoms with Crippen molar-refractivity contribution in [1.29, 1.82) is 0 Å². The molecule has 0 radical (unpaired) electrons. The van der Waals surface area contributed by atoms with Crippen molar-refractivity contribution in [2.24, 2.45) is 0 Å². The summed E-state index contributed by atoms with van der Waals surface area (Å²) in [7, 11) is -1.34. The Morgan fingerprint density at radius 3 is 0.300 bits per heavy atom. The lowest BCUT2D eigenvalue weighted by Gasteiger charge is -2.18. The van der Waals surface area contributed by atoms with E-state index in [9.17, 15) is 0 Å². The van der Waals surface area contributed by atoms with E-state index in [1.807, 2.05) is 0 Å². The molecule has 0 fully saturated rings. The molecular formula is C54H48Cl3P3. The fraction of sp³-hybridized carbons (Fsp3) is 0. The quantitative estimate of drug-likeness (QED) is 0.127. The third-order valence-corrected chi connectivity index (χ3v) is 16.5. The number of rotatable bonds is 9. The van der Waals surface area contributed by atoms with Crippen molar-refractivity contribution in [2.75, 3.05) is 0 Å². The summed E-state index contributed by atoms with van der Waals surface area (Å²) in [6.45, 7) is 0. The molecule has 300 valence electrons. The minimum absolute atomic E-state index is 0. The molecule has 0 unspecified atom stereocenters. The van der Waals surface area contributed by atoms with Gasteiger partial charge in [0.2, 0.25) is 0 Å². The van der Waals surface area contributed by atoms with Gasteiger partial charge >= 0.3 is 0 Å². The molecule has 0 atom stereocenters. The van der Waals surface area contributed by atoms with E-state index >= 15 is 0 Å². The van der Waals surface area contributed by atoms with E-state index in [1.54, 1.807) is 0 Å². The molecule has 0 saturated carbocycles. The van der Waals surface area contributed by atoms with Crippen molar-refractivity contribution in [3.8, 4) is 0 Å². The smallest absolute Gasteiger partial charge is 0.0134 e. The summed E-state index contributed by atoms with van der Waals surface area (Å²) in [4.78, 5) is 0. The van der Waals surface area contributed by atoms with Crippen molar-refractivity contribution in [3.05, 3.63) is 273 Å². The molecule has 0 spiro atoms. The Morgan fingerprint density at radius 1 is 0.133 bits per heavy atom. The molecule has 0 aromatic heterocycles. The van der Waals surface area contributed by atoms with Crippen LogP contribution in [-0.4, -0.2) is 0 Å². The van der Waals surface area contributed by atoms with E-state index in [2.05, 4.69) is 273 Å². The van der Waals surface area contributed by atoms with Gasteiger partial charge in [-0.1, -0.05) is 273 Å². The normalized spacial score (nSPS) is 10.1. The first-order chi connectivity index (χ1) is 28.3. The van der Waals surface area contributed by atoms with Crippen LogP contribution in [-0.2, 0) is 0 Å². The Kier molecular flexibility index (Phi) is 21.0. The van der Waals surface area contributed by atoms with Gasteiger partial charge in [-0.05, 0) is 71.5 Å². The van der Waals surface area contributed by atoms with Gasteiger partial charge in [0.05, 0.1) is 0 Å². The Hall–Kier alpha value is -4.86. The van der Waals surface area contributed by atoms with E-state index in [-0.39, 0.29) is 37.2 Å². The summed E-state index contributed by atoms with van der Waals surface area (Å²) in [5, 5.41) is 12.6. The molecular weight excluding hydrogens is 848 g/mol. The summed E-state index contributed by atoms with van der Waals surface area (Å²) in [6, 6.07) is 97.0. The summed E-state index contributed by atoms with van der Waals surface area (Å²) in [6.07, 6.45) is 0. The SMILES string of the molecule is Cl.Cl.Cl.c1ccc(P(c2ccccc2)c2ccccc2)cc1.c1ccc(P(c2ccccc2)c2ccccc2)cc1.c1ccc(P(c2ccccc2)c2ccccc2)cc1. The second kappa shape index (κ2) is 26.4. The van der Waals surface area contributed by atoms with Crippen molar-refractivity contribution in [3.63, 3.8) is 0 Å². The van der Waals surface area contributed by atoms with Crippen LogP contribution in [0.3, 0.4) is 0 Å². The molecule has 0 amide bonds. The van der Waals surface area contributed by atoms with Crippen LogP contribution in [0.5, 0.6) is 0 Å². The molecule has 0 aliphatic carbocycles. The Morgan fingerprint density at radius 2 is 0.217 bits per heavy atom. The van der Waals surface area contributed by atoms with Gasteiger partial charge in [-0.15, -0.1) is 37.2 Å². The van der Waals surface area contributed by atoms with Crippen LogP contribution in [0.2, 0.25) is 0 Å². The highest BCUT2D eigenvalue weighted by atomic mass is 35.5. The number of hydrogen-bond donors (Lipinski definition) is 0. The lowest BCUT2D eigenvalue weighted by molar-refractivity contribution is 1.74. The summed E-state index contributed by atoms with van der Waals surface area (Å²) in [5.41, 5.74) is 0. The topological polar surface area (TPSA) is 0 Å². The molecule has 0 aliphatic heterocycles. The predicted molar refractivity (Wildman–Crippen MR) is 277 cm³/mol. The predicted octanol–water partition coefficient (Wildman–Crippen LogP) is 11.6. The molecule has 0 bridgehead atoms. The molecule has 9 rings (SSSR count). The van der Waals surface area contributed by atoms with E-state index in [0.29, 0.717) is 0 Å². The van der Waals surface area contributed by atoms with Crippen LogP contribution in [0.1, 0.15) is 0 Å². The maximum Gasteiger partial charge on any atom is -0.0134 e. The van der Waals surface area contributed by atoms with Crippen LogP contribution < -0.4 is 47.7 Å². The summed E-state index contributed by atoms with van der Waals surface area (Å²) in [5.74, 6) is 0. The van der Waals surface area contributed by atoms with E-state index in [4.69, 9.17) is 0 Å². The maximum absolute atomic E-state index is 2.23. The van der Waals surface area contributed by atoms with Gasteiger partial charge < -0.3 is 0 Å². The Balaban J connectivity index is 0.000000194. The van der Waals surface area contributed by atoms with Gasteiger partial charge in [0, 0.05) is 0 Å². The third-order valence-electron chi connectivity index (χ3n) is 9.13. The van der Waals surface area contributed by atoms with Crippen LogP contribution in [0.15, 0.2) is 273 Å². The fourth-order valence-electron chi connectivity index (χ4n) is 6.54. The monoisotopic (exact) mass is 894 g/mol. The average Bonchev–Trinajstić information content (AvgIpc) is 3.30. The number of halogens is 3. The van der Waals surface area contributed by atoms with Gasteiger partial charge in [0.25, 0.3) is 0 Å². The minimum atomic E-state index is -0.446. The molecule has 0 aliphatic rings. The summed E-state index contributed by atoms with van der Waals surface area (Å²) >= 11 is 0. The Labute approximate surface area is 379 Å². The highest BCUT2D eigenvalue weighted by molar-refractivity contribution is 7.80. The molecule has 9 aromatic carbocycles. The van der Waals surface area contributed by atoms with Crippen LogP contribution in [0, 0.1) is 0 Å². The average molecular weight is 896 g/mol. The largest absolute Gasteiger partial charge is 0.147 e. The van der Waals surface area contributed by atoms with E-state index < -0.39 is 23.8 Å². The first-order valence-electron chi connectivity index (χ1n) is 19.2. The Bertz CT molecular complexity index is 1870. The van der Waals surface area contributed by atoms with Crippen LogP contribution in [0.4, 0.5) is 0 Å². The molecule has 9 aromatic rings. The molecule has 6 heteroatoms.